The molecule has 0 unspecified atom stereocenters. The summed E-state index contributed by atoms with van der Waals surface area (Å²) in [5.41, 5.74) is 0.653. The fraction of sp³-hybridized carbons (Fsp3) is 0.607. The Morgan fingerprint density at radius 2 is 0.800 bits per heavy atom. The number of carbonyl (C=O) groups excluding carboxylic acids is 3. The molecule has 12 heteroatoms. The van der Waals surface area contributed by atoms with E-state index in [2.05, 4.69) is 6.58 Å². The third-order valence-corrected chi connectivity index (χ3v) is 4.72. The SMILES string of the molecule is C=C(C)C(=O)OCCOCCOCCOCCOCCOCCOCCOCCOC(=O)C(=O)c1ccccc1. The first-order chi connectivity index (χ1) is 19.5. The molecule has 0 heterocycles. The van der Waals surface area contributed by atoms with Gasteiger partial charge in [-0.1, -0.05) is 36.9 Å². The lowest BCUT2D eigenvalue weighted by molar-refractivity contribution is -0.141. The summed E-state index contributed by atoms with van der Waals surface area (Å²) >= 11 is 0. The fourth-order valence-electron chi connectivity index (χ4n) is 2.70. The Balaban J connectivity index is 1.72. The summed E-state index contributed by atoms with van der Waals surface area (Å²) in [7, 11) is 0. The molecular formula is C28H42O12. The summed E-state index contributed by atoms with van der Waals surface area (Å²) in [4.78, 5) is 34.7. The predicted octanol–water partition coefficient (Wildman–Crippen LogP) is 1.65. The van der Waals surface area contributed by atoms with E-state index in [4.69, 9.17) is 42.6 Å². The molecule has 0 saturated heterocycles. The van der Waals surface area contributed by atoms with Crippen LogP contribution in [0.4, 0.5) is 0 Å². The van der Waals surface area contributed by atoms with Crippen LogP contribution < -0.4 is 0 Å². The van der Waals surface area contributed by atoms with Gasteiger partial charge >= 0.3 is 11.9 Å². The first-order valence-electron chi connectivity index (χ1n) is 13.2. The van der Waals surface area contributed by atoms with Gasteiger partial charge in [0.1, 0.15) is 13.2 Å². The molecule has 0 spiro atoms. The van der Waals surface area contributed by atoms with Crippen LogP contribution in [0, 0.1) is 0 Å². The van der Waals surface area contributed by atoms with Crippen molar-refractivity contribution in [1.29, 1.82) is 0 Å². The minimum absolute atomic E-state index is 0.00617. The Kier molecular flexibility index (Phi) is 22.3. The first kappa shape index (κ1) is 35.3. The second-order valence-corrected chi connectivity index (χ2v) is 8.03. The Hall–Kier alpha value is -2.71. The van der Waals surface area contributed by atoms with Crippen molar-refractivity contribution >= 4 is 17.7 Å². The van der Waals surface area contributed by atoms with Crippen molar-refractivity contribution < 1.29 is 57.0 Å². The van der Waals surface area contributed by atoms with Crippen LogP contribution in [0.1, 0.15) is 17.3 Å². The van der Waals surface area contributed by atoms with Crippen molar-refractivity contribution in [2.75, 3.05) is 106 Å². The summed E-state index contributed by atoms with van der Waals surface area (Å²) < 4.78 is 47.4. The summed E-state index contributed by atoms with van der Waals surface area (Å²) in [5.74, 6) is -2.00. The lowest BCUT2D eigenvalue weighted by Crippen LogP contribution is -2.20. The zero-order valence-corrected chi connectivity index (χ0v) is 23.3. The van der Waals surface area contributed by atoms with Gasteiger partial charge in [-0.2, -0.15) is 0 Å². The minimum Gasteiger partial charge on any atom is -0.460 e. The van der Waals surface area contributed by atoms with Gasteiger partial charge in [0.05, 0.1) is 92.5 Å². The highest BCUT2D eigenvalue weighted by atomic mass is 16.6. The number of esters is 2. The smallest absolute Gasteiger partial charge is 0.379 e. The minimum atomic E-state index is -0.901. The Bertz CT molecular complexity index is 815. The second-order valence-electron chi connectivity index (χ2n) is 8.03. The van der Waals surface area contributed by atoms with Crippen molar-refractivity contribution in [2.45, 2.75) is 6.92 Å². The second kappa shape index (κ2) is 25.3. The summed E-state index contributed by atoms with van der Waals surface area (Å²) in [5, 5.41) is 0. The van der Waals surface area contributed by atoms with Gasteiger partial charge in [0, 0.05) is 11.1 Å². The highest BCUT2D eigenvalue weighted by Gasteiger charge is 2.17. The monoisotopic (exact) mass is 570 g/mol. The first-order valence-corrected chi connectivity index (χ1v) is 13.2. The van der Waals surface area contributed by atoms with E-state index in [1.807, 2.05) is 0 Å². The molecule has 0 N–H and O–H groups in total. The number of hydrogen-bond acceptors (Lipinski definition) is 12. The highest BCUT2D eigenvalue weighted by molar-refractivity contribution is 6.40. The molecule has 1 aromatic carbocycles. The molecule has 40 heavy (non-hydrogen) atoms. The molecule has 226 valence electrons. The Morgan fingerprint density at radius 3 is 1.12 bits per heavy atom. The summed E-state index contributed by atoms with van der Waals surface area (Å²) in [6, 6.07) is 8.24. The van der Waals surface area contributed by atoms with Gasteiger partial charge < -0.3 is 42.6 Å². The number of ketones is 1. The van der Waals surface area contributed by atoms with E-state index in [1.54, 1.807) is 37.3 Å². The molecule has 0 aliphatic carbocycles. The van der Waals surface area contributed by atoms with E-state index in [-0.39, 0.29) is 19.8 Å². The van der Waals surface area contributed by atoms with E-state index in [9.17, 15) is 14.4 Å². The molecule has 0 aliphatic rings. The molecule has 12 nitrogen and oxygen atoms in total. The molecule has 0 amide bonds. The molecule has 0 aromatic heterocycles. The van der Waals surface area contributed by atoms with Crippen LogP contribution in [0.3, 0.4) is 0 Å². The maximum atomic E-state index is 11.9. The van der Waals surface area contributed by atoms with Gasteiger partial charge in [-0.3, -0.25) is 4.79 Å². The van der Waals surface area contributed by atoms with Crippen molar-refractivity contribution in [3.63, 3.8) is 0 Å². The van der Waals surface area contributed by atoms with E-state index in [0.29, 0.717) is 97.0 Å². The third kappa shape index (κ3) is 20.2. The normalized spacial score (nSPS) is 10.8. The lowest BCUT2D eigenvalue weighted by Gasteiger charge is -2.09. The molecule has 1 aromatic rings. The van der Waals surface area contributed by atoms with Gasteiger partial charge in [-0.15, -0.1) is 0 Å². The van der Waals surface area contributed by atoms with E-state index in [0.717, 1.165) is 0 Å². The van der Waals surface area contributed by atoms with Crippen molar-refractivity contribution in [2.24, 2.45) is 0 Å². The topological polar surface area (TPSA) is 134 Å². The molecule has 0 fully saturated rings. The molecule has 1 rings (SSSR count). The maximum absolute atomic E-state index is 11.9. The molecular weight excluding hydrogens is 528 g/mol. The van der Waals surface area contributed by atoms with Gasteiger partial charge in [-0.05, 0) is 6.92 Å². The van der Waals surface area contributed by atoms with Gasteiger partial charge in [0.15, 0.2) is 0 Å². The zero-order valence-electron chi connectivity index (χ0n) is 23.3. The van der Waals surface area contributed by atoms with E-state index in [1.165, 1.54) is 0 Å². The number of benzene rings is 1. The Morgan fingerprint density at radius 1 is 0.500 bits per heavy atom. The van der Waals surface area contributed by atoms with E-state index < -0.39 is 17.7 Å². The van der Waals surface area contributed by atoms with Crippen LogP contribution >= 0.6 is 0 Å². The standard InChI is InChI=1S/C28H42O12/c1-24(2)27(30)39-22-20-37-18-16-35-14-12-33-10-8-32-9-11-34-13-15-36-17-19-38-21-23-40-28(31)26(29)25-6-4-3-5-7-25/h3-7H,1,8-23H2,2H3. The molecule has 0 aliphatic heterocycles. The average molecular weight is 571 g/mol. The van der Waals surface area contributed by atoms with Crippen molar-refractivity contribution in [1.82, 2.24) is 0 Å². The quantitative estimate of drug-likeness (QED) is 0.0500. The van der Waals surface area contributed by atoms with Gasteiger partial charge in [-0.25, -0.2) is 9.59 Å². The van der Waals surface area contributed by atoms with Crippen LogP contribution in [0.2, 0.25) is 0 Å². The van der Waals surface area contributed by atoms with Crippen molar-refractivity contribution in [3.8, 4) is 0 Å². The summed E-state index contributed by atoms with van der Waals surface area (Å²) in [6.07, 6.45) is 0. The number of hydrogen-bond donors (Lipinski definition) is 0. The maximum Gasteiger partial charge on any atom is 0.379 e. The molecule has 0 bridgehead atoms. The number of carbonyl (C=O) groups is 3. The largest absolute Gasteiger partial charge is 0.460 e. The summed E-state index contributed by atoms with van der Waals surface area (Å²) in [6.45, 7) is 10.9. The van der Waals surface area contributed by atoms with Gasteiger partial charge in [0.25, 0.3) is 5.78 Å². The predicted molar refractivity (Wildman–Crippen MR) is 143 cm³/mol. The van der Waals surface area contributed by atoms with Gasteiger partial charge in [0.2, 0.25) is 0 Å². The highest BCUT2D eigenvalue weighted by Crippen LogP contribution is 2.01. The molecule has 0 radical (unpaired) electrons. The average Bonchev–Trinajstić information content (AvgIpc) is 2.96. The third-order valence-electron chi connectivity index (χ3n) is 4.72. The number of rotatable bonds is 27. The van der Waals surface area contributed by atoms with Crippen LogP contribution in [0.15, 0.2) is 42.5 Å². The Labute approximate surface area is 235 Å². The van der Waals surface area contributed by atoms with E-state index >= 15 is 0 Å². The zero-order chi connectivity index (χ0) is 29.1. The molecule has 0 saturated carbocycles. The molecule has 0 atom stereocenters. The van der Waals surface area contributed by atoms with Crippen LogP contribution in [-0.2, 0) is 52.2 Å². The van der Waals surface area contributed by atoms with Crippen LogP contribution in [-0.4, -0.2) is 123 Å². The number of Topliss-reactive ketones (excluding diaryl/α,β-unsaturated/α-hetero) is 1. The van der Waals surface area contributed by atoms with Crippen LogP contribution in [0.25, 0.3) is 0 Å². The van der Waals surface area contributed by atoms with Crippen molar-refractivity contribution in [3.05, 3.63) is 48.0 Å². The number of ether oxygens (including phenoxy) is 9. The van der Waals surface area contributed by atoms with Crippen LogP contribution in [0.5, 0.6) is 0 Å². The fourth-order valence-corrected chi connectivity index (χ4v) is 2.70. The lowest BCUT2D eigenvalue weighted by atomic mass is 10.1.